The monoisotopic (exact) mass is 462 g/mol. The van der Waals surface area contributed by atoms with Crippen LogP contribution >= 0.6 is 11.6 Å². The van der Waals surface area contributed by atoms with E-state index in [9.17, 15) is 13.2 Å². The fraction of sp³-hybridized carbons (Fsp3) is 0.350. The molecule has 164 valence electrons. The normalized spacial score (nSPS) is 15.8. The molecule has 0 spiro atoms. The van der Waals surface area contributed by atoms with Crippen LogP contribution < -0.4 is 10.0 Å². The quantitative estimate of drug-likeness (QED) is 0.605. The SMILES string of the molecule is Cc1ccc2c(cc(C(=O)NC3CCN(S(=O)(=O)Nc4cnccn4)CC3)n2C)c1Cl. The molecule has 0 aliphatic carbocycles. The Morgan fingerprint density at radius 3 is 2.65 bits per heavy atom. The van der Waals surface area contributed by atoms with Gasteiger partial charge in [-0.15, -0.1) is 0 Å². The van der Waals surface area contributed by atoms with Crippen LogP contribution in [-0.4, -0.2) is 52.3 Å². The first-order chi connectivity index (χ1) is 14.8. The molecule has 4 rings (SSSR count). The van der Waals surface area contributed by atoms with Gasteiger partial charge in [0, 0.05) is 49.5 Å². The molecule has 0 unspecified atom stereocenters. The van der Waals surface area contributed by atoms with Gasteiger partial charge in [-0.05, 0) is 37.5 Å². The number of benzene rings is 1. The zero-order chi connectivity index (χ0) is 22.2. The third-order valence-corrected chi connectivity index (χ3v) is 7.53. The van der Waals surface area contributed by atoms with Crippen molar-refractivity contribution in [3.8, 4) is 0 Å². The van der Waals surface area contributed by atoms with Crippen molar-refractivity contribution < 1.29 is 13.2 Å². The van der Waals surface area contributed by atoms with Crippen LogP contribution in [0.3, 0.4) is 0 Å². The summed E-state index contributed by atoms with van der Waals surface area (Å²) in [6.45, 7) is 2.51. The van der Waals surface area contributed by atoms with E-state index in [1.807, 2.05) is 30.7 Å². The van der Waals surface area contributed by atoms with Gasteiger partial charge in [0.1, 0.15) is 5.69 Å². The number of hydrogen-bond donors (Lipinski definition) is 2. The minimum absolute atomic E-state index is 0.120. The first kappa shape index (κ1) is 21.5. The Hall–Kier alpha value is -2.69. The molecule has 31 heavy (non-hydrogen) atoms. The molecule has 0 saturated carbocycles. The lowest BCUT2D eigenvalue weighted by Crippen LogP contribution is -2.48. The summed E-state index contributed by atoms with van der Waals surface area (Å²) in [5, 5.41) is 4.50. The maximum atomic E-state index is 12.9. The minimum Gasteiger partial charge on any atom is -0.348 e. The molecule has 3 heterocycles. The number of fused-ring (bicyclic) bond motifs is 1. The van der Waals surface area contributed by atoms with Crippen molar-refractivity contribution in [2.45, 2.75) is 25.8 Å². The van der Waals surface area contributed by atoms with Gasteiger partial charge in [-0.25, -0.2) is 4.98 Å². The maximum Gasteiger partial charge on any atom is 0.302 e. The summed E-state index contributed by atoms with van der Waals surface area (Å²) in [5.41, 5.74) is 2.36. The fourth-order valence-corrected chi connectivity index (χ4v) is 5.16. The number of nitrogens with one attached hydrogen (secondary N) is 2. The summed E-state index contributed by atoms with van der Waals surface area (Å²) in [4.78, 5) is 20.7. The molecule has 0 atom stereocenters. The van der Waals surface area contributed by atoms with Crippen molar-refractivity contribution in [1.82, 2.24) is 24.2 Å². The second kappa shape index (κ2) is 8.45. The Labute approximate surface area is 185 Å². The highest BCUT2D eigenvalue weighted by Gasteiger charge is 2.29. The van der Waals surface area contributed by atoms with Gasteiger partial charge in [-0.3, -0.25) is 14.5 Å². The van der Waals surface area contributed by atoms with E-state index in [-0.39, 0.29) is 17.8 Å². The molecule has 2 N–H and O–H groups in total. The highest BCUT2D eigenvalue weighted by atomic mass is 35.5. The van der Waals surface area contributed by atoms with Gasteiger partial charge in [0.25, 0.3) is 5.91 Å². The average molecular weight is 463 g/mol. The molecule has 1 fully saturated rings. The highest BCUT2D eigenvalue weighted by molar-refractivity contribution is 7.90. The number of aryl methyl sites for hydroxylation is 2. The van der Waals surface area contributed by atoms with Crippen molar-refractivity contribution >= 4 is 44.4 Å². The van der Waals surface area contributed by atoms with Crippen molar-refractivity contribution in [2.24, 2.45) is 7.05 Å². The average Bonchev–Trinajstić information content (AvgIpc) is 3.09. The number of carbonyl (C=O) groups is 1. The van der Waals surface area contributed by atoms with Crippen LogP contribution in [0.2, 0.25) is 5.02 Å². The third kappa shape index (κ3) is 4.36. The van der Waals surface area contributed by atoms with Crippen molar-refractivity contribution in [3.05, 3.63) is 53.1 Å². The van der Waals surface area contributed by atoms with E-state index in [0.29, 0.717) is 36.6 Å². The van der Waals surface area contributed by atoms with Gasteiger partial charge in [0.2, 0.25) is 0 Å². The molecule has 1 amide bonds. The molecule has 1 saturated heterocycles. The van der Waals surface area contributed by atoms with Crippen molar-refractivity contribution in [3.63, 3.8) is 0 Å². The predicted molar refractivity (Wildman–Crippen MR) is 119 cm³/mol. The summed E-state index contributed by atoms with van der Waals surface area (Å²) >= 11 is 6.40. The first-order valence-electron chi connectivity index (χ1n) is 9.85. The molecular weight excluding hydrogens is 440 g/mol. The van der Waals surface area contributed by atoms with Crippen LogP contribution in [0.15, 0.2) is 36.8 Å². The molecule has 9 nitrogen and oxygen atoms in total. The summed E-state index contributed by atoms with van der Waals surface area (Å²) in [6, 6.07) is 5.55. The Morgan fingerprint density at radius 1 is 1.23 bits per heavy atom. The summed E-state index contributed by atoms with van der Waals surface area (Å²) < 4.78 is 30.7. The molecule has 3 aromatic rings. The van der Waals surface area contributed by atoms with E-state index < -0.39 is 10.2 Å². The number of piperidine rings is 1. The smallest absolute Gasteiger partial charge is 0.302 e. The van der Waals surface area contributed by atoms with E-state index in [2.05, 4.69) is 20.0 Å². The van der Waals surface area contributed by atoms with E-state index in [1.54, 1.807) is 6.07 Å². The number of carbonyl (C=O) groups excluding carboxylic acids is 1. The van der Waals surface area contributed by atoms with Gasteiger partial charge in [0.15, 0.2) is 5.82 Å². The number of aromatic nitrogens is 3. The summed E-state index contributed by atoms with van der Waals surface area (Å²) in [7, 11) is -1.89. The first-order valence-corrected chi connectivity index (χ1v) is 11.7. The number of anilines is 1. The van der Waals surface area contributed by atoms with E-state index >= 15 is 0 Å². The molecule has 1 aliphatic heterocycles. The lowest BCUT2D eigenvalue weighted by molar-refractivity contribution is 0.0916. The number of hydrogen-bond acceptors (Lipinski definition) is 5. The number of halogens is 1. The third-order valence-electron chi connectivity index (χ3n) is 5.51. The molecule has 2 aromatic heterocycles. The molecule has 1 aliphatic rings. The molecule has 1 aromatic carbocycles. The lowest BCUT2D eigenvalue weighted by atomic mass is 10.1. The predicted octanol–water partition coefficient (Wildman–Crippen LogP) is 2.48. The minimum atomic E-state index is -3.72. The fourth-order valence-electron chi connectivity index (χ4n) is 3.75. The highest BCUT2D eigenvalue weighted by Crippen LogP contribution is 2.29. The van der Waals surface area contributed by atoms with Gasteiger partial charge in [0.05, 0.1) is 11.2 Å². The topological polar surface area (TPSA) is 109 Å². The number of rotatable bonds is 5. The van der Waals surface area contributed by atoms with E-state index in [4.69, 9.17) is 11.6 Å². The van der Waals surface area contributed by atoms with Gasteiger partial charge in [-0.2, -0.15) is 12.7 Å². The van der Waals surface area contributed by atoms with Crippen LogP contribution in [0.5, 0.6) is 0 Å². The standard InChI is InChI=1S/C20H23ClN6O3S/c1-13-3-4-16-15(19(13)21)11-17(26(16)2)20(28)24-14-5-9-27(10-6-14)31(29,30)25-18-12-22-7-8-23-18/h3-4,7-8,11-12,14H,5-6,9-10H2,1-2H3,(H,23,25)(H,24,28). The second-order valence-electron chi connectivity index (χ2n) is 7.56. The molecule has 0 radical (unpaired) electrons. The molecule has 11 heteroatoms. The van der Waals surface area contributed by atoms with Crippen molar-refractivity contribution in [2.75, 3.05) is 17.8 Å². The second-order valence-corrected chi connectivity index (χ2v) is 9.61. The Bertz CT molecular complexity index is 1220. The van der Waals surface area contributed by atoms with Gasteiger partial charge in [-0.1, -0.05) is 17.7 Å². The Kier molecular flexibility index (Phi) is 5.87. The molecular formula is C20H23ClN6O3S. The Morgan fingerprint density at radius 2 is 1.97 bits per heavy atom. The van der Waals surface area contributed by atoms with Gasteiger partial charge < -0.3 is 9.88 Å². The summed E-state index contributed by atoms with van der Waals surface area (Å²) in [5.74, 6) is -0.0333. The van der Waals surface area contributed by atoms with E-state index in [1.165, 1.54) is 22.9 Å². The molecule has 0 bridgehead atoms. The van der Waals surface area contributed by atoms with Crippen LogP contribution in [0.25, 0.3) is 10.9 Å². The largest absolute Gasteiger partial charge is 0.348 e. The maximum absolute atomic E-state index is 12.9. The zero-order valence-corrected chi connectivity index (χ0v) is 18.7. The van der Waals surface area contributed by atoms with Crippen LogP contribution in [0.1, 0.15) is 28.9 Å². The zero-order valence-electron chi connectivity index (χ0n) is 17.2. The summed E-state index contributed by atoms with van der Waals surface area (Å²) in [6.07, 6.45) is 5.26. The van der Waals surface area contributed by atoms with Crippen LogP contribution in [0.4, 0.5) is 5.82 Å². The van der Waals surface area contributed by atoms with Crippen LogP contribution in [0, 0.1) is 6.92 Å². The van der Waals surface area contributed by atoms with Crippen LogP contribution in [-0.2, 0) is 17.3 Å². The number of nitrogens with zero attached hydrogens (tertiary/aromatic N) is 4. The number of amides is 1. The van der Waals surface area contributed by atoms with Gasteiger partial charge >= 0.3 is 10.2 Å². The lowest BCUT2D eigenvalue weighted by Gasteiger charge is -2.31. The van der Waals surface area contributed by atoms with E-state index in [0.717, 1.165) is 16.5 Å². The Balaban J connectivity index is 1.40. The van der Waals surface area contributed by atoms with Crippen molar-refractivity contribution in [1.29, 1.82) is 0 Å².